The van der Waals surface area contributed by atoms with Gasteiger partial charge in [-0.2, -0.15) is 18.4 Å². The standard InChI is InChI=1S/C30H35F3N6O4/c1-20-26(28(41)43-16-15-37(4)5)27(22-11-9-21(18-34)10-12-22)38(19-25(40)35-13-14-36(2)3)29(42)39(20)24-8-6-7-23(17-24)30(31,32)33/h6-12,17,27H,13-16,19H2,1-5H3,(H,35,40)/t27-/m1/s1. The Kier molecular flexibility index (Phi) is 10.9. The van der Waals surface area contributed by atoms with Crippen LogP contribution in [0.4, 0.5) is 23.7 Å². The van der Waals surface area contributed by atoms with E-state index in [4.69, 9.17) is 4.74 Å². The molecule has 0 unspecified atom stereocenters. The van der Waals surface area contributed by atoms with E-state index in [2.05, 4.69) is 5.32 Å². The number of benzene rings is 2. The lowest BCUT2D eigenvalue weighted by Crippen LogP contribution is -2.54. The predicted molar refractivity (Wildman–Crippen MR) is 154 cm³/mol. The van der Waals surface area contributed by atoms with Crippen LogP contribution in [0.15, 0.2) is 59.8 Å². The summed E-state index contributed by atoms with van der Waals surface area (Å²) < 4.78 is 46.4. The van der Waals surface area contributed by atoms with Crippen molar-refractivity contribution >= 4 is 23.6 Å². The van der Waals surface area contributed by atoms with Gasteiger partial charge < -0.3 is 24.8 Å². The summed E-state index contributed by atoms with van der Waals surface area (Å²) in [6.45, 7) is 2.15. The van der Waals surface area contributed by atoms with Gasteiger partial charge in [-0.3, -0.25) is 9.69 Å². The minimum Gasteiger partial charge on any atom is -0.461 e. The van der Waals surface area contributed by atoms with E-state index in [1.54, 1.807) is 31.1 Å². The van der Waals surface area contributed by atoms with Crippen LogP contribution in [-0.2, 0) is 20.5 Å². The number of ether oxygens (including phenoxy) is 1. The largest absolute Gasteiger partial charge is 0.461 e. The lowest BCUT2D eigenvalue weighted by atomic mass is 9.92. The molecule has 0 radical (unpaired) electrons. The van der Waals surface area contributed by atoms with E-state index in [1.807, 2.05) is 25.1 Å². The van der Waals surface area contributed by atoms with Crippen LogP contribution in [0.2, 0.25) is 0 Å². The van der Waals surface area contributed by atoms with Crippen LogP contribution in [0.1, 0.15) is 29.7 Å². The molecule has 2 aromatic carbocycles. The number of allylic oxidation sites excluding steroid dienone is 1. The average Bonchev–Trinajstić information content (AvgIpc) is 2.93. The number of rotatable bonds is 11. The number of likely N-dealkylation sites (N-methyl/N-ethyl adjacent to an activating group) is 2. The number of nitrogens with one attached hydrogen (secondary N) is 1. The van der Waals surface area contributed by atoms with Crippen molar-refractivity contribution in [3.63, 3.8) is 0 Å². The quantitative estimate of drug-likeness (QED) is 0.393. The number of hydrogen-bond donors (Lipinski definition) is 1. The zero-order chi connectivity index (χ0) is 31.9. The van der Waals surface area contributed by atoms with Crippen molar-refractivity contribution in [3.05, 3.63) is 76.5 Å². The molecule has 230 valence electrons. The Morgan fingerprint density at radius 1 is 1.05 bits per heavy atom. The van der Waals surface area contributed by atoms with Gasteiger partial charge in [-0.1, -0.05) is 18.2 Å². The molecule has 0 bridgehead atoms. The highest BCUT2D eigenvalue weighted by molar-refractivity contribution is 6.04. The molecule has 2 aromatic rings. The SMILES string of the molecule is CC1=C(C(=O)OCCN(C)C)[C@@H](c2ccc(C#N)cc2)N(CC(=O)NCCN(C)C)C(=O)N1c1cccc(C(F)(F)F)c1. The number of carbonyl (C=O) groups is 3. The Bertz CT molecular complexity index is 1400. The fourth-order valence-corrected chi connectivity index (χ4v) is 4.51. The molecule has 1 atom stereocenters. The Morgan fingerprint density at radius 3 is 2.28 bits per heavy atom. The first-order valence-electron chi connectivity index (χ1n) is 13.5. The third-order valence-electron chi connectivity index (χ3n) is 6.72. The first-order chi connectivity index (χ1) is 20.2. The Labute approximate surface area is 248 Å². The van der Waals surface area contributed by atoms with Crippen LogP contribution in [-0.4, -0.2) is 93.6 Å². The first kappa shape index (κ1) is 33.1. The maximum absolute atomic E-state index is 14.1. The fraction of sp³-hybridized carbons (Fsp3) is 0.400. The lowest BCUT2D eigenvalue weighted by molar-refractivity contribution is -0.140. The summed E-state index contributed by atoms with van der Waals surface area (Å²) in [6, 6.07) is 10.4. The van der Waals surface area contributed by atoms with Crippen molar-refractivity contribution in [2.75, 3.05) is 65.9 Å². The maximum Gasteiger partial charge on any atom is 0.416 e. The molecule has 0 aromatic heterocycles. The highest BCUT2D eigenvalue weighted by atomic mass is 19.4. The van der Waals surface area contributed by atoms with Crippen molar-refractivity contribution < 1.29 is 32.3 Å². The molecule has 10 nitrogen and oxygen atoms in total. The van der Waals surface area contributed by atoms with Gasteiger partial charge in [0.05, 0.1) is 34.5 Å². The van der Waals surface area contributed by atoms with Crippen LogP contribution in [0.5, 0.6) is 0 Å². The predicted octanol–water partition coefficient (Wildman–Crippen LogP) is 3.62. The summed E-state index contributed by atoms with van der Waals surface area (Å²) in [5.41, 5.74) is -0.342. The normalized spacial score (nSPS) is 15.7. The minimum absolute atomic E-state index is 0.00519. The van der Waals surface area contributed by atoms with E-state index in [9.17, 15) is 32.8 Å². The maximum atomic E-state index is 14.1. The molecular weight excluding hydrogens is 565 g/mol. The second kappa shape index (κ2) is 14.2. The van der Waals surface area contributed by atoms with Crippen molar-refractivity contribution in [1.82, 2.24) is 20.0 Å². The van der Waals surface area contributed by atoms with Crippen LogP contribution in [0.25, 0.3) is 0 Å². The summed E-state index contributed by atoms with van der Waals surface area (Å²) in [5, 5.41) is 12.0. The van der Waals surface area contributed by atoms with Gasteiger partial charge in [0, 0.05) is 25.3 Å². The molecular formula is C30H35F3N6O4. The molecule has 13 heteroatoms. The second-order valence-electron chi connectivity index (χ2n) is 10.5. The molecule has 1 aliphatic heterocycles. The Balaban J connectivity index is 2.19. The minimum atomic E-state index is -4.68. The number of halogens is 3. The van der Waals surface area contributed by atoms with Crippen molar-refractivity contribution in [1.29, 1.82) is 5.26 Å². The van der Waals surface area contributed by atoms with E-state index in [1.165, 1.54) is 31.2 Å². The summed E-state index contributed by atoms with van der Waals surface area (Å²) >= 11 is 0. The van der Waals surface area contributed by atoms with E-state index in [0.29, 0.717) is 24.2 Å². The zero-order valence-corrected chi connectivity index (χ0v) is 24.7. The Hall–Kier alpha value is -4.41. The van der Waals surface area contributed by atoms with Crippen molar-refractivity contribution in [2.45, 2.75) is 19.1 Å². The number of esters is 1. The number of urea groups is 1. The number of hydrogen-bond acceptors (Lipinski definition) is 7. The molecule has 3 rings (SSSR count). The second-order valence-corrected chi connectivity index (χ2v) is 10.5. The number of nitrogens with zero attached hydrogens (tertiary/aromatic N) is 5. The van der Waals surface area contributed by atoms with Crippen LogP contribution in [0.3, 0.4) is 0 Å². The molecule has 0 aliphatic carbocycles. The molecule has 1 heterocycles. The number of anilines is 1. The molecule has 1 aliphatic rings. The number of nitriles is 1. The van der Waals surface area contributed by atoms with Gasteiger partial charge in [-0.15, -0.1) is 0 Å². The third-order valence-corrected chi connectivity index (χ3v) is 6.72. The fourth-order valence-electron chi connectivity index (χ4n) is 4.51. The molecule has 0 saturated heterocycles. The van der Waals surface area contributed by atoms with E-state index >= 15 is 0 Å². The van der Waals surface area contributed by atoms with Crippen LogP contribution < -0.4 is 10.2 Å². The topological polar surface area (TPSA) is 109 Å². The van der Waals surface area contributed by atoms with Gasteiger partial charge in [-0.25, -0.2) is 9.59 Å². The third kappa shape index (κ3) is 8.33. The first-order valence-corrected chi connectivity index (χ1v) is 13.5. The van der Waals surface area contributed by atoms with Gasteiger partial charge in [0.15, 0.2) is 0 Å². The van der Waals surface area contributed by atoms with Crippen molar-refractivity contribution in [3.8, 4) is 6.07 Å². The average molecular weight is 601 g/mol. The van der Waals surface area contributed by atoms with Gasteiger partial charge in [0.1, 0.15) is 13.2 Å². The molecule has 0 saturated carbocycles. The molecule has 43 heavy (non-hydrogen) atoms. The van der Waals surface area contributed by atoms with Crippen molar-refractivity contribution in [2.24, 2.45) is 0 Å². The van der Waals surface area contributed by atoms with Gasteiger partial charge in [-0.05, 0) is 71.0 Å². The Morgan fingerprint density at radius 2 is 1.70 bits per heavy atom. The highest BCUT2D eigenvalue weighted by Crippen LogP contribution is 2.41. The summed E-state index contributed by atoms with van der Waals surface area (Å²) in [7, 11) is 7.25. The lowest BCUT2D eigenvalue weighted by Gasteiger charge is -2.42. The van der Waals surface area contributed by atoms with Gasteiger partial charge >= 0.3 is 18.2 Å². The zero-order valence-electron chi connectivity index (χ0n) is 24.7. The van der Waals surface area contributed by atoms with Crippen LogP contribution in [0, 0.1) is 11.3 Å². The molecule has 3 amide bonds. The van der Waals surface area contributed by atoms with E-state index < -0.39 is 42.2 Å². The van der Waals surface area contributed by atoms with E-state index in [0.717, 1.165) is 21.9 Å². The molecule has 1 N–H and O–H groups in total. The molecule has 0 spiro atoms. The number of alkyl halides is 3. The van der Waals surface area contributed by atoms with Gasteiger partial charge in [0.2, 0.25) is 5.91 Å². The van der Waals surface area contributed by atoms with Crippen LogP contribution >= 0.6 is 0 Å². The monoisotopic (exact) mass is 600 g/mol. The number of carbonyl (C=O) groups excluding carboxylic acids is 3. The highest BCUT2D eigenvalue weighted by Gasteiger charge is 2.44. The number of amides is 3. The smallest absolute Gasteiger partial charge is 0.416 e. The van der Waals surface area contributed by atoms with E-state index in [-0.39, 0.29) is 30.1 Å². The summed E-state index contributed by atoms with van der Waals surface area (Å²) in [4.78, 5) is 46.7. The summed E-state index contributed by atoms with van der Waals surface area (Å²) in [5.74, 6) is -1.33. The van der Waals surface area contributed by atoms with Gasteiger partial charge in [0.25, 0.3) is 0 Å². The molecule has 0 fully saturated rings. The summed E-state index contributed by atoms with van der Waals surface area (Å²) in [6.07, 6.45) is -4.68.